The van der Waals surface area contributed by atoms with Crippen LogP contribution in [0.3, 0.4) is 0 Å². The van der Waals surface area contributed by atoms with Crippen molar-refractivity contribution in [1.29, 1.82) is 0 Å². The first kappa shape index (κ1) is 15.3. The van der Waals surface area contributed by atoms with E-state index in [4.69, 9.17) is 0 Å². The summed E-state index contributed by atoms with van der Waals surface area (Å²) >= 11 is 1.77. The predicted molar refractivity (Wildman–Crippen MR) is 86.4 cm³/mol. The normalized spacial score (nSPS) is 13.0. The molecule has 2 rings (SSSR count). The molecule has 3 nitrogen and oxygen atoms in total. The minimum Gasteiger partial charge on any atom is -0.313 e. The van der Waals surface area contributed by atoms with Crippen molar-refractivity contribution in [3.8, 4) is 0 Å². The third-order valence-corrected chi connectivity index (χ3v) is 4.13. The lowest BCUT2D eigenvalue weighted by Gasteiger charge is -2.17. The molecule has 0 aliphatic heterocycles. The predicted octanol–water partition coefficient (Wildman–Crippen LogP) is 3.68. The van der Waals surface area contributed by atoms with Gasteiger partial charge in [0, 0.05) is 24.7 Å². The van der Waals surface area contributed by atoms with Crippen molar-refractivity contribution in [2.45, 2.75) is 52.1 Å². The van der Waals surface area contributed by atoms with E-state index in [0.29, 0.717) is 12.1 Å². The zero-order chi connectivity index (χ0) is 14.4. The van der Waals surface area contributed by atoms with Crippen molar-refractivity contribution in [3.05, 3.63) is 40.3 Å². The molecule has 4 heteroatoms. The quantitative estimate of drug-likeness (QED) is 0.804. The maximum absolute atomic E-state index is 4.67. The van der Waals surface area contributed by atoms with Gasteiger partial charge in [0.2, 0.25) is 0 Å². The summed E-state index contributed by atoms with van der Waals surface area (Å²) in [5, 5.41) is 12.7. The molecular weight excluding hydrogens is 266 g/mol. The zero-order valence-corrected chi connectivity index (χ0v) is 13.5. The van der Waals surface area contributed by atoms with Crippen LogP contribution in [0.5, 0.6) is 0 Å². The van der Waals surface area contributed by atoms with Crippen molar-refractivity contribution in [2.75, 3.05) is 6.54 Å². The maximum atomic E-state index is 4.67. The molecule has 0 spiro atoms. The molecule has 0 aliphatic rings. The monoisotopic (exact) mass is 291 g/mol. The highest BCUT2D eigenvalue weighted by molar-refractivity contribution is 7.07. The van der Waals surface area contributed by atoms with Crippen molar-refractivity contribution < 1.29 is 0 Å². The topological polar surface area (TPSA) is 29.9 Å². The van der Waals surface area contributed by atoms with E-state index in [1.54, 1.807) is 11.3 Å². The second-order valence-corrected chi connectivity index (χ2v) is 6.35. The van der Waals surface area contributed by atoms with Gasteiger partial charge in [0.15, 0.2) is 0 Å². The molecule has 20 heavy (non-hydrogen) atoms. The fraction of sp³-hybridized carbons (Fsp3) is 0.562. The molecule has 2 heterocycles. The molecule has 0 amide bonds. The van der Waals surface area contributed by atoms with Gasteiger partial charge in [-0.3, -0.25) is 4.68 Å². The minimum absolute atomic E-state index is 0.433. The smallest absolute Gasteiger partial charge is 0.0640 e. The molecule has 1 atom stereocenters. The summed E-state index contributed by atoms with van der Waals surface area (Å²) in [6.45, 7) is 7.60. The molecule has 2 aromatic rings. The first-order chi connectivity index (χ1) is 9.69. The highest BCUT2D eigenvalue weighted by Gasteiger charge is 2.12. The van der Waals surface area contributed by atoms with Gasteiger partial charge < -0.3 is 5.32 Å². The third kappa shape index (κ3) is 4.46. The lowest BCUT2D eigenvalue weighted by atomic mass is 10.0. The van der Waals surface area contributed by atoms with Gasteiger partial charge in [0.25, 0.3) is 0 Å². The number of hydrogen-bond acceptors (Lipinski definition) is 3. The van der Waals surface area contributed by atoms with Crippen LogP contribution in [-0.2, 0) is 12.8 Å². The van der Waals surface area contributed by atoms with Gasteiger partial charge in [0.1, 0.15) is 0 Å². The Morgan fingerprint density at radius 1 is 1.30 bits per heavy atom. The van der Waals surface area contributed by atoms with E-state index in [-0.39, 0.29) is 0 Å². The number of rotatable bonds is 8. The van der Waals surface area contributed by atoms with Gasteiger partial charge in [-0.15, -0.1) is 0 Å². The molecule has 0 radical (unpaired) electrons. The van der Waals surface area contributed by atoms with Crippen LogP contribution in [0.25, 0.3) is 0 Å². The zero-order valence-electron chi connectivity index (χ0n) is 12.7. The van der Waals surface area contributed by atoms with Gasteiger partial charge >= 0.3 is 0 Å². The molecule has 110 valence electrons. The van der Waals surface area contributed by atoms with Crippen LogP contribution in [-0.4, -0.2) is 22.4 Å². The van der Waals surface area contributed by atoms with Crippen LogP contribution < -0.4 is 5.32 Å². The maximum Gasteiger partial charge on any atom is 0.0640 e. The van der Waals surface area contributed by atoms with Crippen molar-refractivity contribution in [1.82, 2.24) is 15.1 Å². The number of aromatic nitrogens is 2. The van der Waals surface area contributed by atoms with Gasteiger partial charge in [-0.05, 0) is 61.7 Å². The van der Waals surface area contributed by atoms with Crippen molar-refractivity contribution in [3.63, 3.8) is 0 Å². The van der Waals surface area contributed by atoms with Crippen molar-refractivity contribution >= 4 is 11.3 Å². The van der Waals surface area contributed by atoms with Crippen LogP contribution in [0.1, 0.15) is 44.5 Å². The fourth-order valence-electron chi connectivity index (χ4n) is 2.28. The molecule has 0 saturated heterocycles. The van der Waals surface area contributed by atoms with Crippen LogP contribution in [0.15, 0.2) is 29.1 Å². The minimum atomic E-state index is 0.433. The lowest BCUT2D eigenvalue weighted by Crippen LogP contribution is -2.33. The number of nitrogens with one attached hydrogen (secondary N) is 1. The Labute approximate surface area is 126 Å². The van der Waals surface area contributed by atoms with E-state index in [9.17, 15) is 0 Å². The summed E-state index contributed by atoms with van der Waals surface area (Å²) in [5.41, 5.74) is 2.61. The molecule has 0 aromatic carbocycles. The average molecular weight is 291 g/mol. The van der Waals surface area contributed by atoms with Crippen LogP contribution >= 0.6 is 11.3 Å². The second kappa shape index (κ2) is 7.60. The summed E-state index contributed by atoms with van der Waals surface area (Å²) in [5.74, 6) is 0. The summed E-state index contributed by atoms with van der Waals surface area (Å²) in [6.07, 6.45) is 5.33. The molecule has 1 N–H and O–H groups in total. The first-order valence-corrected chi connectivity index (χ1v) is 8.41. The average Bonchev–Trinajstić information content (AvgIpc) is 3.07. The molecule has 1 unspecified atom stereocenters. The van der Waals surface area contributed by atoms with Crippen LogP contribution in [0, 0.1) is 0 Å². The number of nitrogens with zero attached hydrogens (tertiary/aromatic N) is 2. The van der Waals surface area contributed by atoms with Gasteiger partial charge in [-0.1, -0.05) is 6.92 Å². The largest absolute Gasteiger partial charge is 0.313 e. The highest BCUT2D eigenvalue weighted by atomic mass is 32.1. The Morgan fingerprint density at radius 3 is 2.75 bits per heavy atom. The SMILES string of the molecule is CCCNC(Cc1ccsc1)Cc1ccn(C(C)C)n1. The van der Waals surface area contributed by atoms with E-state index < -0.39 is 0 Å². The molecule has 0 bridgehead atoms. The summed E-state index contributed by atoms with van der Waals surface area (Å²) < 4.78 is 2.04. The van der Waals surface area contributed by atoms with E-state index >= 15 is 0 Å². The van der Waals surface area contributed by atoms with Crippen LogP contribution in [0.2, 0.25) is 0 Å². The Bertz CT molecular complexity index is 488. The van der Waals surface area contributed by atoms with E-state index in [1.165, 1.54) is 17.7 Å². The lowest BCUT2D eigenvalue weighted by molar-refractivity contribution is 0.485. The van der Waals surface area contributed by atoms with E-state index in [0.717, 1.165) is 19.4 Å². The van der Waals surface area contributed by atoms with Gasteiger partial charge in [0.05, 0.1) is 5.69 Å². The Kier molecular flexibility index (Phi) is 5.80. The number of hydrogen-bond donors (Lipinski definition) is 1. The third-order valence-electron chi connectivity index (χ3n) is 3.39. The highest BCUT2D eigenvalue weighted by Crippen LogP contribution is 2.12. The van der Waals surface area contributed by atoms with Crippen LogP contribution in [0.4, 0.5) is 0 Å². The summed E-state index contributed by atoms with van der Waals surface area (Å²) in [4.78, 5) is 0. The van der Waals surface area contributed by atoms with Crippen molar-refractivity contribution in [2.24, 2.45) is 0 Å². The Hall–Kier alpha value is -1.13. The Balaban J connectivity index is 1.98. The molecular formula is C16H25N3S. The fourth-order valence-corrected chi connectivity index (χ4v) is 2.97. The molecule has 0 fully saturated rings. The van der Waals surface area contributed by atoms with Gasteiger partial charge in [-0.2, -0.15) is 16.4 Å². The summed E-state index contributed by atoms with van der Waals surface area (Å²) in [7, 11) is 0. The van der Waals surface area contributed by atoms with Gasteiger partial charge in [-0.25, -0.2) is 0 Å². The van der Waals surface area contributed by atoms with E-state index in [1.807, 2.05) is 4.68 Å². The Morgan fingerprint density at radius 2 is 2.15 bits per heavy atom. The molecule has 0 saturated carbocycles. The van der Waals surface area contributed by atoms with E-state index in [2.05, 4.69) is 60.3 Å². The standard InChI is InChI=1S/C16H25N3S/c1-4-7-17-16(10-14-6-9-20-12-14)11-15-5-8-19(18-15)13(2)3/h5-6,8-9,12-13,16-17H,4,7,10-11H2,1-3H3. The summed E-state index contributed by atoms with van der Waals surface area (Å²) in [6, 6.07) is 5.27. The second-order valence-electron chi connectivity index (χ2n) is 5.57. The number of thiophene rings is 1. The molecule has 2 aromatic heterocycles. The first-order valence-electron chi connectivity index (χ1n) is 7.47. The molecule has 0 aliphatic carbocycles.